The first-order valence-electron chi connectivity index (χ1n) is 10.00. The largest absolute Gasteiger partial charge is 0.411 e. The summed E-state index contributed by atoms with van der Waals surface area (Å²) in [5.41, 5.74) is 5.97. The standard InChI is InChI=1S/C25H23N3O2S/c1-16-9-13-21(14-10-16)26-23(29)22(19-7-5-4-6-8-19)31-25-28-27-24(30-25)20-12-11-17(2)18(3)15-20/h4-15,22H,1-3H3,(H,26,29). The Bertz CT molecular complexity index is 1190. The lowest BCUT2D eigenvalue weighted by Gasteiger charge is -2.15. The molecule has 1 atom stereocenters. The van der Waals surface area contributed by atoms with Gasteiger partial charge in [-0.25, -0.2) is 0 Å². The second-order valence-corrected chi connectivity index (χ2v) is 8.49. The summed E-state index contributed by atoms with van der Waals surface area (Å²) < 4.78 is 5.89. The Kier molecular flexibility index (Phi) is 6.18. The summed E-state index contributed by atoms with van der Waals surface area (Å²) >= 11 is 1.24. The van der Waals surface area contributed by atoms with E-state index in [-0.39, 0.29) is 5.91 Å². The highest BCUT2D eigenvalue weighted by atomic mass is 32.2. The third kappa shape index (κ3) is 5.03. The number of amides is 1. The summed E-state index contributed by atoms with van der Waals surface area (Å²) in [5.74, 6) is 0.294. The Hall–Kier alpha value is -3.38. The van der Waals surface area contributed by atoms with Gasteiger partial charge in [-0.1, -0.05) is 54.1 Å². The Morgan fingerprint density at radius 2 is 1.65 bits per heavy atom. The first kappa shape index (κ1) is 20.9. The van der Waals surface area contributed by atoms with E-state index in [1.165, 1.54) is 17.3 Å². The van der Waals surface area contributed by atoms with Crippen LogP contribution in [0.25, 0.3) is 11.5 Å². The molecule has 1 heterocycles. The summed E-state index contributed by atoms with van der Waals surface area (Å²) in [7, 11) is 0. The van der Waals surface area contributed by atoms with Crippen molar-refractivity contribution in [3.8, 4) is 11.5 Å². The molecule has 0 bridgehead atoms. The second kappa shape index (κ2) is 9.18. The highest BCUT2D eigenvalue weighted by Crippen LogP contribution is 2.36. The number of benzene rings is 3. The molecule has 0 spiro atoms. The molecule has 0 fully saturated rings. The molecule has 0 saturated heterocycles. The minimum Gasteiger partial charge on any atom is -0.411 e. The van der Waals surface area contributed by atoms with Crippen molar-refractivity contribution in [2.75, 3.05) is 5.32 Å². The molecule has 6 heteroatoms. The molecule has 0 aliphatic rings. The van der Waals surface area contributed by atoms with Crippen LogP contribution in [-0.4, -0.2) is 16.1 Å². The zero-order chi connectivity index (χ0) is 21.8. The van der Waals surface area contributed by atoms with Crippen molar-refractivity contribution < 1.29 is 9.21 Å². The van der Waals surface area contributed by atoms with Crippen molar-refractivity contribution in [1.29, 1.82) is 0 Å². The highest BCUT2D eigenvalue weighted by molar-refractivity contribution is 8.00. The van der Waals surface area contributed by atoms with Gasteiger partial charge in [0.05, 0.1) is 0 Å². The number of thioether (sulfide) groups is 1. The van der Waals surface area contributed by atoms with Crippen LogP contribution < -0.4 is 5.32 Å². The number of hydrogen-bond donors (Lipinski definition) is 1. The minimum atomic E-state index is -0.532. The third-order valence-corrected chi connectivity index (χ3v) is 6.13. The molecule has 0 aliphatic heterocycles. The first-order valence-corrected chi connectivity index (χ1v) is 10.9. The fourth-order valence-corrected chi connectivity index (χ4v) is 3.97. The predicted octanol–water partition coefficient (Wildman–Crippen LogP) is 6.13. The normalized spacial score (nSPS) is 11.8. The van der Waals surface area contributed by atoms with Gasteiger partial charge >= 0.3 is 0 Å². The molecule has 31 heavy (non-hydrogen) atoms. The average Bonchev–Trinajstić information content (AvgIpc) is 3.25. The molecule has 4 aromatic rings. The van der Waals surface area contributed by atoms with Crippen molar-refractivity contribution in [3.63, 3.8) is 0 Å². The summed E-state index contributed by atoms with van der Waals surface area (Å²) in [6.07, 6.45) is 0. The van der Waals surface area contributed by atoms with E-state index in [1.54, 1.807) is 0 Å². The van der Waals surface area contributed by atoms with Gasteiger partial charge in [0.2, 0.25) is 11.8 Å². The molecule has 1 aromatic heterocycles. The SMILES string of the molecule is Cc1ccc(NC(=O)C(Sc2nnc(-c3ccc(C)c(C)c3)o2)c2ccccc2)cc1. The van der Waals surface area contributed by atoms with Crippen molar-refractivity contribution in [1.82, 2.24) is 10.2 Å². The van der Waals surface area contributed by atoms with E-state index in [0.29, 0.717) is 11.1 Å². The third-order valence-electron chi connectivity index (χ3n) is 5.04. The lowest BCUT2D eigenvalue weighted by atomic mass is 10.1. The first-order chi connectivity index (χ1) is 15.0. The Morgan fingerprint density at radius 3 is 2.35 bits per heavy atom. The second-order valence-electron chi connectivity index (χ2n) is 7.44. The molecule has 4 rings (SSSR count). The van der Waals surface area contributed by atoms with E-state index < -0.39 is 5.25 Å². The van der Waals surface area contributed by atoms with E-state index in [9.17, 15) is 4.79 Å². The van der Waals surface area contributed by atoms with Crippen LogP contribution in [-0.2, 0) is 4.79 Å². The molecule has 1 unspecified atom stereocenters. The zero-order valence-electron chi connectivity index (χ0n) is 17.6. The molecule has 0 aliphatic carbocycles. The fourth-order valence-electron chi connectivity index (χ4n) is 3.09. The molecule has 0 saturated carbocycles. The topological polar surface area (TPSA) is 68.0 Å². The zero-order valence-corrected chi connectivity index (χ0v) is 18.4. The average molecular weight is 430 g/mol. The van der Waals surface area contributed by atoms with Gasteiger partial charge in [-0.15, -0.1) is 10.2 Å². The number of nitrogens with one attached hydrogen (secondary N) is 1. The van der Waals surface area contributed by atoms with Crippen LogP contribution in [0.3, 0.4) is 0 Å². The van der Waals surface area contributed by atoms with Gasteiger partial charge in [-0.05, 0) is 73.5 Å². The number of aryl methyl sites for hydroxylation is 3. The van der Waals surface area contributed by atoms with Gasteiger partial charge in [0, 0.05) is 11.3 Å². The van der Waals surface area contributed by atoms with Gasteiger partial charge in [0.15, 0.2) is 0 Å². The van der Waals surface area contributed by atoms with E-state index in [2.05, 4.69) is 22.4 Å². The van der Waals surface area contributed by atoms with Crippen LogP contribution in [0, 0.1) is 20.8 Å². The minimum absolute atomic E-state index is 0.147. The van der Waals surface area contributed by atoms with E-state index in [0.717, 1.165) is 27.9 Å². The predicted molar refractivity (Wildman–Crippen MR) is 124 cm³/mol. The van der Waals surface area contributed by atoms with Crippen LogP contribution in [0.1, 0.15) is 27.5 Å². The molecule has 1 amide bonds. The highest BCUT2D eigenvalue weighted by Gasteiger charge is 2.25. The van der Waals surface area contributed by atoms with Gasteiger partial charge in [0.25, 0.3) is 5.22 Å². The monoisotopic (exact) mass is 429 g/mol. The summed E-state index contributed by atoms with van der Waals surface area (Å²) in [4.78, 5) is 13.1. The van der Waals surface area contributed by atoms with Gasteiger partial charge < -0.3 is 9.73 Å². The van der Waals surface area contributed by atoms with Crippen molar-refractivity contribution in [2.24, 2.45) is 0 Å². The van der Waals surface area contributed by atoms with Crippen LogP contribution in [0.4, 0.5) is 5.69 Å². The van der Waals surface area contributed by atoms with Gasteiger partial charge in [-0.2, -0.15) is 0 Å². The van der Waals surface area contributed by atoms with E-state index in [4.69, 9.17) is 4.42 Å². The Balaban J connectivity index is 1.58. The van der Waals surface area contributed by atoms with Gasteiger partial charge in [0.1, 0.15) is 5.25 Å². The maximum atomic E-state index is 13.1. The lowest BCUT2D eigenvalue weighted by molar-refractivity contribution is -0.115. The molecule has 1 N–H and O–H groups in total. The van der Waals surface area contributed by atoms with Crippen molar-refractivity contribution in [2.45, 2.75) is 31.2 Å². The summed E-state index contributed by atoms with van der Waals surface area (Å²) in [6, 6.07) is 23.3. The summed E-state index contributed by atoms with van der Waals surface area (Å²) in [6.45, 7) is 6.12. The number of anilines is 1. The molecular weight excluding hydrogens is 406 g/mol. The quantitative estimate of drug-likeness (QED) is 0.373. The van der Waals surface area contributed by atoms with Crippen LogP contribution >= 0.6 is 11.8 Å². The van der Waals surface area contributed by atoms with Crippen LogP contribution in [0.15, 0.2) is 82.4 Å². The number of nitrogens with zero attached hydrogens (tertiary/aromatic N) is 2. The molecule has 5 nitrogen and oxygen atoms in total. The molecular formula is C25H23N3O2S. The molecule has 156 valence electrons. The van der Waals surface area contributed by atoms with Crippen molar-refractivity contribution in [3.05, 3.63) is 95.1 Å². The van der Waals surface area contributed by atoms with Crippen LogP contribution in [0.2, 0.25) is 0 Å². The maximum absolute atomic E-state index is 13.1. The maximum Gasteiger partial charge on any atom is 0.277 e. The van der Waals surface area contributed by atoms with Crippen molar-refractivity contribution >= 4 is 23.4 Å². The molecule has 3 aromatic carbocycles. The summed E-state index contributed by atoms with van der Waals surface area (Å²) in [5, 5.41) is 11.2. The Morgan fingerprint density at radius 1 is 0.903 bits per heavy atom. The molecule has 0 radical (unpaired) electrons. The van der Waals surface area contributed by atoms with E-state index in [1.807, 2.05) is 86.6 Å². The van der Waals surface area contributed by atoms with Crippen LogP contribution in [0.5, 0.6) is 0 Å². The number of hydrogen-bond acceptors (Lipinski definition) is 5. The fraction of sp³-hybridized carbons (Fsp3) is 0.160. The number of carbonyl (C=O) groups excluding carboxylic acids is 1. The van der Waals surface area contributed by atoms with Gasteiger partial charge in [-0.3, -0.25) is 4.79 Å². The number of aromatic nitrogens is 2. The number of rotatable bonds is 6. The van der Waals surface area contributed by atoms with E-state index >= 15 is 0 Å². The lowest BCUT2D eigenvalue weighted by Crippen LogP contribution is -2.19. The smallest absolute Gasteiger partial charge is 0.277 e. The number of carbonyl (C=O) groups is 1. The Labute approximate surface area is 185 Å².